The van der Waals surface area contributed by atoms with E-state index in [0.29, 0.717) is 25.2 Å². The fourth-order valence-electron chi connectivity index (χ4n) is 0.977. The summed E-state index contributed by atoms with van der Waals surface area (Å²) in [6.45, 7) is 1.67. The first-order valence-electron chi connectivity index (χ1n) is 3.65. The van der Waals surface area contributed by atoms with E-state index in [1.807, 2.05) is 0 Å². The first-order valence-corrected chi connectivity index (χ1v) is 4.77. The third-order valence-corrected chi connectivity index (χ3v) is 1.91. The molecule has 0 aromatic heterocycles. The van der Waals surface area contributed by atoms with Crippen LogP contribution in [-0.4, -0.2) is 31.1 Å². The van der Waals surface area contributed by atoms with Gasteiger partial charge >= 0.3 is 5.97 Å². The van der Waals surface area contributed by atoms with Crippen LogP contribution in [0.25, 0.3) is 0 Å². The summed E-state index contributed by atoms with van der Waals surface area (Å²) in [5.41, 5.74) is 0. The van der Waals surface area contributed by atoms with Crippen LogP contribution in [0.4, 0.5) is 0 Å². The Labute approximate surface area is 74.2 Å². The SMILES string of the molecule is O=C(OCCBr)C1CCOC1. The van der Waals surface area contributed by atoms with Gasteiger partial charge in [0.1, 0.15) is 6.61 Å². The molecule has 1 saturated heterocycles. The van der Waals surface area contributed by atoms with Gasteiger partial charge in [-0.05, 0) is 6.42 Å². The molecule has 0 bridgehead atoms. The Morgan fingerprint density at radius 1 is 1.73 bits per heavy atom. The number of ether oxygens (including phenoxy) is 2. The molecule has 0 amide bonds. The van der Waals surface area contributed by atoms with Crippen LogP contribution in [0.2, 0.25) is 0 Å². The van der Waals surface area contributed by atoms with Crippen molar-refractivity contribution in [3.63, 3.8) is 0 Å². The summed E-state index contributed by atoms with van der Waals surface area (Å²) in [5.74, 6) is -0.143. The third kappa shape index (κ3) is 2.79. The number of esters is 1. The van der Waals surface area contributed by atoms with E-state index in [9.17, 15) is 4.79 Å². The topological polar surface area (TPSA) is 35.5 Å². The Bertz CT molecular complexity index is 132. The Morgan fingerprint density at radius 2 is 2.55 bits per heavy atom. The molecule has 1 fully saturated rings. The summed E-state index contributed by atoms with van der Waals surface area (Å²) < 4.78 is 9.95. The number of hydrogen-bond donors (Lipinski definition) is 0. The van der Waals surface area contributed by atoms with E-state index >= 15 is 0 Å². The summed E-state index contributed by atoms with van der Waals surface area (Å²) in [5, 5.41) is 0.701. The van der Waals surface area contributed by atoms with Crippen LogP contribution in [0.3, 0.4) is 0 Å². The molecule has 1 rings (SSSR count). The summed E-state index contributed by atoms with van der Waals surface area (Å²) in [7, 11) is 0. The van der Waals surface area contributed by atoms with Gasteiger partial charge in [-0.2, -0.15) is 0 Å². The highest BCUT2D eigenvalue weighted by Crippen LogP contribution is 2.13. The lowest BCUT2D eigenvalue weighted by atomic mass is 10.1. The molecule has 1 atom stereocenters. The van der Waals surface area contributed by atoms with Crippen LogP contribution < -0.4 is 0 Å². The summed E-state index contributed by atoms with van der Waals surface area (Å²) in [6, 6.07) is 0. The van der Waals surface area contributed by atoms with Crippen LogP contribution in [0.5, 0.6) is 0 Å². The molecule has 0 aliphatic carbocycles. The number of alkyl halides is 1. The molecular formula is C7H11BrO3. The molecule has 11 heavy (non-hydrogen) atoms. The first-order chi connectivity index (χ1) is 5.34. The Kier molecular flexibility index (Phi) is 3.86. The molecule has 0 aromatic carbocycles. The minimum Gasteiger partial charge on any atom is -0.465 e. The van der Waals surface area contributed by atoms with Crippen molar-refractivity contribution in [2.75, 3.05) is 25.2 Å². The second-order valence-electron chi connectivity index (χ2n) is 2.42. The van der Waals surface area contributed by atoms with Crippen molar-refractivity contribution in [2.24, 2.45) is 5.92 Å². The van der Waals surface area contributed by atoms with Crippen molar-refractivity contribution in [2.45, 2.75) is 6.42 Å². The predicted octanol–water partition coefficient (Wildman–Crippen LogP) is 0.961. The fraction of sp³-hybridized carbons (Fsp3) is 0.857. The maximum Gasteiger partial charge on any atom is 0.311 e. The summed E-state index contributed by atoms with van der Waals surface area (Å²) >= 11 is 3.18. The molecule has 0 spiro atoms. The Morgan fingerprint density at radius 3 is 3.09 bits per heavy atom. The molecule has 0 aromatic rings. The number of hydrogen-bond acceptors (Lipinski definition) is 3. The second kappa shape index (κ2) is 4.72. The first kappa shape index (κ1) is 9.00. The zero-order valence-electron chi connectivity index (χ0n) is 6.22. The second-order valence-corrected chi connectivity index (χ2v) is 3.21. The normalized spacial score (nSPS) is 23.5. The molecule has 0 saturated carbocycles. The molecular weight excluding hydrogens is 212 g/mol. The number of halogens is 1. The van der Waals surface area contributed by atoms with Gasteiger partial charge in [0.2, 0.25) is 0 Å². The van der Waals surface area contributed by atoms with E-state index < -0.39 is 0 Å². The van der Waals surface area contributed by atoms with Crippen LogP contribution in [-0.2, 0) is 14.3 Å². The average molecular weight is 223 g/mol. The van der Waals surface area contributed by atoms with E-state index in [1.165, 1.54) is 0 Å². The molecule has 0 N–H and O–H groups in total. The van der Waals surface area contributed by atoms with E-state index in [1.54, 1.807) is 0 Å². The van der Waals surface area contributed by atoms with Crippen molar-refractivity contribution in [1.82, 2.24) is 0 Å². The Balaban J connectivity index is 2.17. The van der Waals surface area contributed by atoms with Gasteiger partial charge in [-0.3, -0.25) is 4.79 Å². The average Bonchev–Trinajstić information content (AvgIpc) is 2.52. The lowest BCUT2D eigenvalue weighted by Crippen LogP contribution is -2.18. The maximum atomic E-state index is 11.1. The standard InChI is InChI=1S/C7H11BrO3/c8-2-4-11-7(9)6-1-3-10-5-6/h6H,1-5H2. The highest BCUT2D eigenvalue weighted by Gasteiger charge is 2.24. The van der Waals surface area contributed by atoms with Gasteiger partial charge in [-0.25, -0.2) is 0 Å². The van der Waals surface area contributed by atoms with Gasteiger partial charge in [0.15, 0.2) is 0 Å². The molecule has 1 aliphatic heterocycles. The molecule has 1 unspecified atom stereocenters. The minimum absolute atomic E-state index is 0.0194. The van der Waals surface area contributed by atoms with Gasteiger partial charge in [0.05, 0.1) is 12.5 Å². The van der Waals surface area contributed by atoms with Gasteiger partial charge in [0, 0.05) is 11.9 Å². The largest absolute Gasteiger partial charge is 0.465 e. The lowest BCUT2D eigenvalue weighted by molar-refractivity contribution is -0.147. The van der Waals surface area contributed by atoms with Crippen LogP contribution >= 0.6 is 15.9 Å². The third-order valence-electron chi connectivity index (χ3n) is 1.58. The van der Waals surface area contributed by atoms with Crippen LogP contribution in [0.1, 0.15) is 6.42 Å². The zero-order chi connectivity index (χ0) is 8.10. The molecule has 4 heteroatoms. The Hall–Kier alpha value is -0.0900. The molecule has 1 aliphatic rings. The highest BCUT2D eigenvalue weighted by atomic mass is 79.9. The zero-order valence-corrected chi connectivity index (χ0v) is 7.80. The monoisotopic (exact) mass is 222 g/mol. The van der Waals surface area contributed by atoms with E-state index in [4.69, 9.17) is 9.47 Å². The summed E-state index contributed by atoms with van der Waals surface area (Å²) in [6.07, 6.45) is 0.807. The van der Waals surface area contributed by atoms with Crippen molar-refractivity contribution in [1.29, 1.82) is 0 Å². The molecule has 3 nitrogen and oxygen atoms in total. The lowest BCUT2D eigenvalue weighted by Gasteiger charge is -2.06. The number of carbonyl (C=O) groups excluding carboxylic acids is 1. The quantitative estimate of drug-likeness (QED) is 0.528. The van der Waals surface area contributed by atoms with E-state index in [0.717, 1.165) is 6.42 Å². The van der Waals surface area contributed by atoms with E-state index in [-0.39, 0.29) is 11.9 Å². The smallest absolute Gasteiger partial charge is 0.311 e. The van der Waals surface area contributed by atoms with Gasteiger partial charge in [0.25, 0.3) is 0 Å². The fourth-order valence-corrected chi connectivity index (χ4v) is 1.14. The van der Waals surface area contributed by atoms with Gasteiger partial charge in [-0.1, -0.05) is 15.9 Å². The number of rotatable bonds is 3. The molecule has 64 valence electrons. The van der Waals surface area contributed by atoms with Crippen molar-refractivity contribution >= 4 is 21.9 Å². The molecule has 1 heterocycles. The van der Waals surface area contributed by atoms with Crippen LogP contribution in [0.15, 0.2) is 0 Å². The van der Waals surface area contributed by atoms with Gasteiger partial charge in [-0.15, -0.1) is 0 Å². The van der Waals surface area contributed by atoms with Crippen molar-refractivity contribution in [3.8, 4) is 0 Å². The predicted molar refractivity (Wildman–Crippen MR) is 43.7 cm³/mol. The maximum absolute atomic E-state index is 11.1. The number of carbonyl (C=O) groups is 1. The van der Waals surface area contributed by atoms with Crippen LogP contribution in [0, 0.1) is 5.92 Å². The van der Waals surface area contributed by atoms with Gasteiger partial charge < -0.3 is 9.47 Å². The minimum atomic E-state index is -0.123. The van der Waals surface area contributed by atoms with Crippen molar-refractivity contribution < 1.29 is 14.3 Å². The summed E-state index contributed by atoms with van der Waals surface area (Å²) in [4.78, 5) is 11.1. The molecule has 0 radical (unpaired) electrons. The van der Waals surface area contributed by atoms with Crippen molar-refractivity contribution in [3.05, 3.63) is 0 Å². The van der Waals surface area contributed by atoms with E-state index in [2.05, 4.69) is 15.9 Å². The highest BCUT2D eigenvalue weighted by molar-refractivity contribution is 9.09.